The van der Waals surface area contributed by atoms with Crippen molar-refractivity contribution in [3.05, 3.63) is 60.1 Å². The summed E-state index contributed by atoms with van der Waals surface area (Å²) in [6.45, 7) is 0.476. The van der Waals surface area contributed by atoms with Gasteiger partial charge in [0.2, 0.25) is 5.16 Å². The molecule has 7 heteroatoms. The van der Waals surface area contributed by atoms with Crippen molar-refractivity contribution in [3.63, 3.8) is 0 Å². The maximum atomic E-state index is 10.1. The van der Waals surface area contributed by atoms with Gasteiger partial charge in [0.1, 0.15) is 12.3 Å². The molecule has 0 aliphatic heterocycles. The predicted molar refractivity (Wildman–Crippen MR) is 77.8 cm³/mol. The molecule has 21 heavy (non-hydrogen) atoms. The summed E-state index contributed by atoms with van der Waals surface area (Å²) in [7, 11) is 0. The molecule has 0 unspecified atom stereocenters. The topological polar surface area (TPSA) is 77.0 Å². The highest BCUT2D eigenvalue weighted by Crippen LogP contribution is 2.23. The SMILES string of the molecule is O[C@H](CSc1nnnn1Cc1ccco1)c1ccccc1. The summed E-state index contributed by atoms with van der Waals surface area (Å²) >= 11 is 1.41. The van der Waals surface area contributed by atoms with E-state index in [0.717, 1.165) is 11.3 Å². The number of tetrazole rings is 1. The van der Waals surface area contributed by atoms with Gasteiger partial charge in [0.15, 0.2) is 0 Å². The number of hydrogen-bond donors (Lipinski definition) is 1. The van der Waals surface area contributed by atoms with E-state index in [9.17, 15) is 5.11 Å². The van der Waals surface area contributed by atoms with Gasteiger partial charge < -0.3 is 9.52 Å². The summed E-state index contributed by atoms with van der Waals surface area (Å²) in [5.41, 5.74) is 0.884. The highest BCUT2D eigenvalue weighted by Gasteiger charge is 2.13. The molecule has 2 aromatic heterocycles. The standard InChI is InChI=1S/C14H14N4O2S/c19-13(11-5-2-1-3-6-11)10-21-14-15-16-17-18(14)9-12-7-4-8-20-12/h1-8,13,19H,9-10H2/t13-/m1/s1. The van der Waals surface area contributed by atoms with Gasteiger partial charge in [-0.2, -0.15) is 0 Å². The zero-order chi connectivity index (χ0) is 14.5. The van der Waals surface area contributed by atoms with Crippen LogP contribution >= 0.6 is 11.8 Å². The van der Waals surface area contributed by atoms with Crippen LogP contribution in [0.2, 0.25) is 0 Å². The predicted octanol–water partition coefficient (Wildman–Crippen LogP) is 2.14. The third-order valence-electron chi connectivity index (χ3n) is 2.94. The average Bonchev–Trinajstić information content (AvgIpc) is 3.18. The van der Waals surface area contributed by atoms with Gasteiger partial charge in [-0.1, -0.05) is 42.1 Å². The summed E-state index contributed by atoms with van der Waals surface area (Å²) in [5.74, 6) is 1.27. The van der Waals surface area contributed by atoms with E-state index < -0.39 is 6.10 Å². The van der Waals surface area contributed by atoms with Gasteiger partial charge in [-0.25, -0.2) is 4.68 Å². The molecule has 108 valence electrons. The lowest BCUT2D eigenvalue weighted by molar-refractivity contribution is 0.204. The summed E-state index contributed by atoms with van der Waals surface area (Å²) in [5, 5.41) is 22.4. The third-order valence-corrected chi connectivity index (χ3v) is 3.97. The van der Waals surface area contributed by atoms with Crippen molar-refractivity contribution in [3.8, 4) is 0 Å². The molecule has 0 radical (unpaired) electrons. The number of benzene rings is 1. The second kappa shape index (κ2) is 6.55. The summed E-state index contributed by atoms with van der Waals surface area (Å²) in [6.07, 6.45) is 1.07. The van der Waals surface area contributed by atoms with Crippen LogP contribution in [0.5, 0.6) is 0 Å². The van der Waals surface area contributed by atoms with Crippen LogP contribution in [-0.2, 0) is 6.54 Å². The normalized spacial score (nSPS) is 12.4. The van der Waals surface area contributed by atoms with Gasteiger partial charge in [0.25, 0.3) is 0 Å². The molecule has 0 spiro atoms. The molecular weight excluding hydrogens is 288 g/mol. The minimum atomic E-state index is -0.551. The van der Waals surface area contributed by atoms with E-state index in [2.05, 4.69) is 15.5 Å². The van der Waals surface area contributed by atoms with E-state index in [0.29, 0.717) is 17.5 Å². The molecule has 0 aliphatic rings. The number of furan rings is 1. The Bertz CT molecular complexity index is 669. The molecule has 2 heterocycles. The van der Waals surface area contributed by atoms with Crippen LogP contribution in [0.3, 0.4) is 0 Å². The number of aliphatic hydroxyl groups is 1. The van der Waals surface area contributed by atoms with E-state index >= 15 is 0 Å². The molecule has 1 N–H and O–H groups in total. The van der Waals surface area contributed by atoms with Crippen LogP contribution in [0, 0.1) is 0 Å². The number of aromatic nitrogens is 4. The van der Waals surface area contributed by atoms with E-state index in [4.69, 9.17) is 4.42 Å². The zero-order valence-electron chi connectivity index (χ0n) is 11.2. The lowest BCUT2D eigenvalue weighted by Crippen LogP contribution is -2.05. The third kappa shape index (κ3) is 3.50. The van der Waals surface area contributed by atoms with E-state index in [1.165, 1.54) is 11.8 Å². The van der Waals surface area contributed by atoms with Gasteiger partial charge in [-0.05, 0) is 28.1 Å². The number of hydrogen-bond acceptors (Lipinski definition) is 6. The van der Waals surface area contributed by atoms with Crippen molar-refractivity contribution in [1.82, 2.24) is 20.2 Å². The van der Waals surface area contributed by atoms with Crippen LogP contribution in [-0.4, -0.2) is 31.1 Å². The summed E-state index contributed by atoms with van der Waals surface area (Å²) in [6, 6.07) is 13.2. The minimum absolute atomic E-state index is 0.476. The molecule has 0 bridgehead atoms. The molecular formula is C14H14N4O2S. The molecule has 0 fully saturated rings. The fourth-order valence-corrected chi connectivity index (χ4v) is 2.72. The first-order valence-electron chi connectivity index (χ1n) is 6.47. The van der Waals surface area contributed by atoms with Gasteiger partial charge in [-0.3, -0.25) is 0 Å². The number of aliphatic hydroxyl groups excluding tert-OH is 1. The molecule has 1 aromatic carbocycles. The highest BCUT2D eigenvalue weighted by molar-refractivity contribution is 7.99. The fraction of sp³-hybridized carbons (Fsp3) is 0.214. The molecule has 1 atom stereocenters. The highest BCUT2D eigenvalue weighted by atomic mass is 32.2. The van der Waals surface area contributed by atoms with Crippen LogP contribution in [0.1, 0.15) is 17.4 Å². The van der Waals surface area contributed by atoms with Crippen molar-refractivity contribution in [1.29, 1.82) is 0 Å². The number of rotatable bonds is 6. The Balaban J connectivity index is 1.62. The largest absolute Gasteiger partial charge is 0.467 e. The van der Waals surface area contributed by atoms with Gasteiger partial charge in [0.05, 0.1) is 12.4 Å². The minimum Gasteiger partial charge on any atom is -0.467 e. The number of nitrogens with zero attached hydrogens (tertiary/aromatic N) is 4. The quantitative estimate of drug-likeness (QED) is 0.703. The Morgan fingerprint density at radius 1 is 1.19 bits per heavy atom. The fourth-order valence-electron chi connectivity index (χ4n) is 1.87. The van der Waals surface area contributed by atoms with Crippen molar-refractivity contribution in [2.45, 2.75) is 17.8 Å². The molecule has 3 rings (SSSR count). The Morgan fingerprint density at radius 2 is 2.05 bits per heavy atom. The molecule has 0 aliphatic carbocycles. The first-order valence-corrected chi connectivity index (χ1v) is 7.46. The maximum absolute atomic E-state index is 10.1. The Kier molecular flexibility index (Phi) is 4.32. The van der Waals surface area contributed by atoms with Crippen molar-refractivity contribution in [2.75, 3.05) is 5.75 Å². The molecule has 3 aromatic rings. The van der Waals surface area contributed by atoms with Crippen LogP contribution in [0.15, 0.2) is 58.3 Å². The van der Waals surface area contributed by atoms with E-state index in [-0.39, 0.29) is 0 Å². The van der Waals surface area contributed by atoms with Crippen molar-refractivity contribution < 1.29 is 9.52 Å². The van der Waals surface area contributed by atoms with Gasteiger partial charge in [-0.15, -0.1) is 5.10 Å². The van der Waals surface area contributed by atoms with Gasteiger partial charge >= 0.3 is 0 Å². The first kappa shape index (κ1) is 13.8. The lowest BCUT2D eigenvalue weighted by atomic mass is 10.1. The van der Waals surface area contributed by atoms with Gasteiger partial charge in [0, 0.05) is 5.75 Å². The van der Waals surface area contributed by atoms with Crippen molar-refractivity contribution in [2.24, 2.45) is 0 Å². The lowest BCUT2D eigenvalue weighted by Gasteiger charge is -2.09. The van der Waals surface area contributed by atoms with Crippen LogP contribution in [0.4, 0.5) is 0 Å². The summed E-state index contributed by atoms with van der Waals surface area (Å²) in [4.78, 5) is 0. The Morgan fingerprint density at radius 3 is 2.81 bits per heavy atom. The molecule has 0 amide bonds. The second-order valence-corrected chi connectivity index (χ2v) is 5.42. The van der Waals surface area contributed by atoms with Crippen LogP contribution in [0.25, 0.3) is 0 Å². The maximum Gasteiger partial charge on any atom is 0.209 e. The Hall–Kier alpha value is -2.12. The first-order chi connectivity index (χ1) is 10.3. The average molecular weight is 302 g/mol. The summed E-state index contributed by atoms with van der Waals surface area (Å²) < 4.78 is 6.94. The zero-order valence-corrected chi connectivity index (χ0v) is 12.0. The Labute approximate surface area is 125 Å². The monoisotopic (exact) mass is 302 g/mol. The molecule has 0 saturated heterocycles. The van der Waals surface area contributed by atoms with E-state index in [1.54, 1.807) is 10.9 Å². The molecule has 0 saturated carbocycles. The second-order valence-electron chi connectivity index (χ2n) is 4.44. The number of thioether (sulfide) groups is 1. The van der Waals surface area contributed by atoms with E-state index in [1.807, 2.05) is 42.5 Å². The van der Waals surface area contributed by atoms with Crippen LogP contribution < -0.4 is 0 Å². The molecule has 6 nitrogen and oxygen atoms in total. The van der Waals surface area contributed by atoms with Crippen molar-refractivity contribution >= 4 is 11.8 Å². The smallest absolute Gasteiger partial charge is 0.209 e.